The molecule has 0 radical (unpaired) electrons. The van der Waals surface area contributed by atoms with Crippen molar-refractivity contribution in [2.45, 2.75) is 70.0 Å². The zero-order valence-corrected chi connectivity index (χ0v) is 13.6. The molecule has 0 aromatic rings. The fraction of sp³-hybridized carbons (Fsp3) is 1.00. The molecule has 3 rings (SSSR count). The molecule has 1 aliphatic carbocycles. The van der Waals surface area contributed by atoms with E-state index in [2.05, 4.69) is 30.7 Å². The predicted molar refractivity (Wildman–Crippen MR) is 84.7 cm³/mol. The van der Waals surface area contributed by atoms with Gasteiger partial charge >= 0.3 is 0 Å². The van der Waals surface area contributed by atoms with E-state index in [9.17, 15) is 0 Å². The lowest BCUT2D eigenvalue weighted by molar-refractivity contribution is -0.00870. The summed E-state index contributed by atoms with van der Waals surface area (Å²) in [5, 5.41) is 0. The quantitative estimate of drug-likeness (QED) is 0.842. The van der Waals surface area contributed by atoms with E-state index in [1.165, 1.54) is 51.6 Å². The maximum absolute atomic E-state index is 6.35. The second-order valence-electron chi connectivity index (χ2n) is 7.88. The molecule has 3 aliphatic rings. The summed E-state index contributed by atoms with van der Waals surface area (Å²) in [7, 11) is 2.34. The zero-order valence-electron chi connectivity index (χ0n) is 13.6. The van der Waals surface area contributed by atoms with Crippen molar-refractivity contribution in [1.82, 2.24) is 9.80 Å². The lowest BCUT2D eigenvalue weighted by atomic mass is 9.68. The molecular weight excluding hydrogens is 246 g/mol. The summed E-state index contributed by atoms with van der Waals surface area (Å²) >= 11 is 0. The monoisotopic (exact) mass is 279 g/mol. The van der Waals surface area contributed by atoms with E-state index in [0.29, 0.717) is 0 Å². The summed E-state index contributed by atoms with van der Waals surface area (Å²) in [6, 6.07) is 1.60. The summed E-state index contributed by atoms with van der Waals surface area (Å²) in [5.74, 6) is 1.60. The molecule has 1 saturated carbocycles. The Labute approximate surface area is 124 Å². The number of likely N-dealkylation sites (N-methyl/N-ethyl adjacent to an activating group) is 1. The average Bonchev–Trinajstić information content (AvgIpc) is 2.66. The highest BCUT2D eigenvalue weighted by molar-refractivity contribution is 5.03. The Hall–Kier alpha value is -0.120. The topological polar surface area (TPSA) is 32.5 Å². The van der Waals surface area contributed by atoms with Gasteiger partial charge in [0.25, 0.3) is 0 Å². The number of hydrogen-bond donors (Lipinski definition) is 1. The third kappa shape index (κ3) is 2.32. The average molecular weight is 279 g/mol. The van der Waals surface area contributed by atoms with Gasteiger partial charge in [-0.2, -0.15) is 0 Å². The molecule has 2 aliphatic heterocycles. The molecular formula is C17H33N3. The number of nitrogens with two attached hydrogens (primary N) is 1. The second kappa shape index (κ2) is 5.58. The first kappa shape index (κ1) is 14.8. The van der Waals surface area contributed by atoms with Crippen molar-refractivity contribution in [2.24, 2.45) is 17.6 Å². The van der Waals surface area contributed by atoms with E-state index in [1.54, 1.807) is 0 Å². The van der Waals surface area contributed by atoms with Gasteiger partial charge in [0.05, 0.1) is 0 Å². The Balaban J connectivity index is 1.81. The first-order chi connectivity index (χ1) is 9.56. The van der Waals surface area contributed by atoms with Gasteiger partial charge in [0.2, 0.25) is 0 Å². The van der Waals surface area contributed by atoms with E-state index >= 15 is 0 Å². The smallest absolute Gasteiger partial charge is 0.0360 e. The standard InChI is InChI=1S/C17H33N3/c1-13-4-5-14(2)17(10-13,12-18)20-9-8-15-6-7-16(11-20)19(15)3/h13-16H,4-12,18H2,1-3H3. The molecule has 2 bridgehead atoms. The van der Waals surface area contributed by atoms with Crippen LogP contribution in [0.25, 0.3) is 0 Å². The van der Waals surface area contributed by atoms with Gasteiger partial charge in [-0.1, -0.05) is 20.3 Å². The highest BCUT2D eigenvalue weighted by Gasteiger charge is 2.47. The number of fused-ring (bicyclic) bond motifs is 2. The summed E-state index contributed by atoms with van der Waals surface area (Å²) < 4.78 is 0. The van der Waals surface area contributed by atoms with E-state index in [4.69, 9.17) is 5.73 Å². The van der Waals surface area contributed by atoms with E-state index < -0.39 is 0 Å². The van der Waals surface area contributed by atoms with Gasteiger partial charge in [0.1, 0.15) is 0 Å². The summed E-state index contributed by atoms with van der Waals surface area (Å²) in [6.07, 6.45) is 8.21. The number of nitrogens with zero attached hydrogens (tertiary/aromatic N) is 2. The number of hydrogen-bond acceptors (Lipinski definition) is 3. The lowest BCUT2D eigenvalue weighted by Gasteiger charge is -2.52. The van der Waals surface area contributed by atoms with Crippen LogP contribution in [0.15, 0.2) is 0 Å². The molecule has 0 aromatic carbocycles. The normalized spacial score (nSPS) is 47.4. The molecule has 3 nitrogen and oxygen atoms in total. The molecule has 116 valence electrons. The van der Waals surface area contributed by atoms with E-state index in [1.807, 2.05) is 0 Å². The van der Waals surface area contributed by atoms with Crippen molar-refractivity contribution in [1.29, 1.82) is 0 Å². The zero-order chi connectivity index (χ0) is 14.3. The van der Waals surface area contributed by atoms with Crippen LogP contribution in [-0.4, -0.2) is 54.1 Å². The molecule has 2 saturated heterocycles. The first-order valence-electron chi connectivity index (χ1n) is 8.74. The first-order valence-corrected chi connectivity index (χ1v) is 8.74. The van der Waals surface area contributed by atoms with Crippen molar-refractivity contribution in [2.75, 3.05) is 26.7 Å². The molecule has 3 heteroatoms. The van der Waals surface area contributed by atoms with Crippen LogP contribution in [0.4, 0.5) is 0 Å². The van der Waals surface area contributed by atoms with Crippen LogP contribution in [0.2, 0.25) is 0 Å². The highest BCUT2D eigenvalue weighted by Crippen LogP contribution is 2.42. The van der Waals surface area contributed by atoms with Gasteiger partial charge in [-0.3, -0.25) is 9.80 Å². The summed E-state index contributed by atoms with van der Waals surface area (Å²) in [5.41, 5.74) is 6.63. The minimum atomic E-state index is 0.281. The maximum atomic E-state index is 6.35. The minimum absolute atomic E-state index is 0.281. The number of likely N-dealkylation sites (tertiary alicyclic amines) is 1. The van der Waals surface area contributed by atoms with Crippen LogP contribution in [0.1, 0.15) is 52.4 Å². The largest absolute Gasteiger partial charge is 0.329 e. The van der Waals surface area contributed by atoms with Gasteiger partial charge in [-0.25, -0.2) is 0 Å². The van der Waals surface area contributed by atoms with Gasteiger partial charge in [-0.15, -0.1) is 0 Å². The Morgan fingerprint density at radius 3 is 2.55 bits per heavy atom. The molecule has 3 fully saturated rings. The minimum Gasteiger partial charge on any atom is -0.329 e. The molecule has 0 aromatic heterocycles. The predicted octanol–water partition coefficient (Wildman–Crippen LogP) is 2.31. The van der Waals surface area contributed by atoms with Crippen molar-refractivity contribution < 1.29 is 0 Å². The molecule has 20 heavy (non-hydrogen) atoms. The Morgan fingerprint density at radius 1 is 1.05 bits per heavy atom. The van der Waals surface area contributed by atoms with Crippen molar-refractivity contribution >= 4 is 0 Å². The van der Waals surface area contributed by atoms with Crippen LogP contribution in [0.3, 0.4) is 0 Å². The Bertz CT molecular complexity index is 345. The van der Waals surface area contributed by atoms with Crippen LogP contribution < -0.4 is 5.73 Å². The van der Waals surface area contributed by atoms with Gasteiger partial charge in [-0.05, 0) is 51.0 Å². The molecule has 5 atom stereocenters. The highest BCUT2D eigenvalue weighted by atomic mass is 15.3. The van der Waals surface area contributed by atoms with Crippen LogP contribution >= 0.6 is 0 Å². The second-order valence-corrected chi connectivity index (χ2v) is 7.88. The van der Waals surface area contributed by atoms with Crippen LogP contribution in [-0.2, 0) is 0 Å². The Morgan fingerprint density at radius 2 is 1.80 bits per heavy atom. The maximum Gasteiger partial charge on any atom is 0.0360 e. The fourth-order valence-electron chi connectivity index (χ4n) is 5.28. The molecule has 5 unspecified atom stereocenters. The third-order valence-corrected chi connectivity index (χ3v) is 6.84. The molecule has 2 heterocycles. The van der Waals surface area contributed by atoms with Crippen LogP contribution in [0, 0.1) is 11.8 Å². The summed E-state index contributed by atoms with van der Waals surface area (Å²) in [4.78, 5) is 5.47. The molecule has 0 amide bonds. The Kier molecular flexibility index (Phi) is 4.13. The van der Waals surface area contributed by atoms with E-state index in [-0.39, 0.29) is 5.54 Å². The van der Waals surface area contributed by atoms with E-state index in [0.717, 1.165) is 30.5 Å². The third-order valence-electron chi connectivity index (χ3n) is 6.84. The fourth-order valence-corrected chi connectivity index (χ4v) is 5.28. The van der Waals surface area contributed by atoms with Gasteiger partial charge in [0.15, 0.2) is 0 Å². The van der Waals surface area contributed by atoms with Gasteiger partial charge < -0.3 is 5.73 Å². The molecule has 2 N–H and O–H groups in total. The lowest BCUT2D eigenvalue weighted by Crippen LogP contribution is -2.62. The van der Waals surface area contributed by atoms with Gasteiger partial charge in [0, 0.05) is 37.3 Å². The van der Waals surface area contributed by atoms with Crippen molar-refractivity contribution in [3.8, 4) is 0 Å². The molecule has 0 spiro atoms. The van der Waals surface area contributed by atoms with Crippen LogP contribution in [0.5, 0.6) is 0 Å². The van der Waals surface area contributed by atoms with Crippen molar-refractivity contribution in [3.63, 3.8) is 0 Å². The summed E-state index contributed by atoms with van der Waals surface area (Å²) in [6.45, 7) is 8.23. The number of rotatable bonds is 2. The SMILES string of the molecule is CC1CCC(C)C(CN)(N2CCC3CCC(C2)N3C)C1. The van der Waals surface area contributed by atoms with Crippen molar-refractivity contribution in [3.05, 3.63) is 0 Å².